The van der Waals surface area contributed by atoms with Crippen molar-refractivity contribution in [3.8, 4) is 5.75 Å². The van der Waals surface area contributed by atoms with Crippen molar-refractivity contribution in [1.82, 2.24) is 9.55 Å². The van der Waals surface area contributed by atoms with E-state index in [-0.39, 0.29) is 16.2 Å². The molecule has 2 N–H and O–H groups in total. The number of allylic oxidation sites excluding steroid dienone is 1. The number of anilines is 1. The summed E-state index contributed by atoms with van der Waals surface area (Å²) in [4.78, 5) is 28.0. The molecule has 0 unspecified atom stereocenters. The predicted octanol–water partition coefficient (Wildman–Crippen LogP) is 3.51. The highest BCUT2D eigenvalue weighted by molar-refractivity contribution is 7.71. The molecular formula is C19H17N3O3S. The van der Waals surface area contributed by atoms with Crippen molar-refractivity contribution in [1.29, 1.82) is 0 Å². The number of H-pyrrole nitrogens is 1. The molecule has 0 saturated heterocycles. The molecule has 0 aliphatic heterocycles. The number of carbonyl (C=O) groups is 1. The molecule has 0 fully saturated rings. The Kier molecular flexibility index (Phi) is 4.99. The Morgan fingerprint density at radius 1 is 1.31 bits per heavy atom. The fourth-order valence-corrected chi connectivity index (χ4v) is 2.84. The molecule has 0 atom stereocenters. The molecule has 0 saturated carbocycles. The van der Waals surface area contributed by atoms with E-state index in [1.165, 1.54) is 4.57 Å². The Morgan fingerprint density at radius 2 is 2.04 bits per heavy atom. The van der Waals surface area contributed by atoms with Gasteiger partial charge in [-0.1, -0.05) is 6.08 Å². The number of benzene rings is 2. The lowest BCUT2D eigenvalue weighted by molar-refractivity contribution is 0.102. The largest absolute Gasteiger partial charge is 0.497 e. The molecule has 6 nitrogen and oxygen atoms in total. The van der Waals surface area contributed by atoms with E-state index in [1.54, 1.807) is 55.7 Å². The number of carbonyl (C=O) groups excluding carboxylic acids is 1. The summed E-state index contributed by atoms with van der Waals surface area (Å²) in [7, 11) is 1.58. The minimum absolute atomic E-state index is 0.217. The van der Waals surface area contributed by atoms with Crippen LogP contribution in [0.3, 0.4) is 0 Å². The number of fused-ring (bicyclic) bond motifs is 1. The minimum Gasteiger partial charge on any atom is -0.497 e. The van der Waals surface area contributed by atoms with E-state index in [0.717, 1.165) is 0 Å². The maximum Gasteiger partial charge on any atom is 0.262 e. The number of nitrogens with one attached hydrogen (secondary N) is 2. The highest BCUT2D eigenvalue weighted by atomic mass is 32.1. The average Bonchev–Trinajstić information content (AvgIpc) is 2.65. The van der Waals surface area contributed by atoms with Gasteiger partial charge in [-0.05, 0) is 54.7 Å². The number of nitrogens with zero attached hydrogens (tertiary/aromatic N) is 1. The molecule has 1 aromatic heterocycles. The Labute approximate surface area is 154 Å². The van der Waals surface area contributed by atoms with E-state index in [1.807, 2.05) is 0 Å². The second-order valence-corrected chi connectivity index (χ2v) is 5.96. The number of methoxy groups -OCH3 is 1. The van der Waals surface area contributed by atoms with Gasteiger partial charge in [0.2, 0.25) is 0 Å². The van der Waals surface area contributed by atoms with Crippen LogP contribution in [0.2, 0.25) is 0 Å². The lowest BCUT2D eigenvalue weighted by Crippen LogP contribution is -2.22. The van der Waals surface area contributed by atoms with Crippen molar-refractivity contribution in [2.45, 2.75) is 6.54 Å². The van der Waals surface area contributed by atoms with Gasteiger partial charge in [0.05, 0.1) is 18.0 Å². The number of ether oxygens (including phenoxy) is 1. The molecule has 0 bridgehead atoms. The summed E-state index contributed by atoms with van der Waals surface area (Å²) in [5, 5.41) is 3.26. The molecule has 26 heavy (non-hydrogen) atoms. The topological polar surface area (TPSA) is 76.1 Å². The summed E-state index contributed by atoms with van der Waals surface area (Å²) in [6, 6.07) is 11.9. The standard InChI is InChI=1S/C19H17N3O3S/c1-3-10-22-18(24)15-9-4-12(11-16(15)21-19(22)26)17(23)20-13-5-7-14(25-2)8-6-13/h3-9,11H,1,10H2,2H3,(H,20,23)(H,21,26). The molecular weight excluding hydrogens is 350 g/mol. The number of hydrogen-bond donors (Lipinski definition) is 2. The Hall–Kier alpha value is -3.19. The quantitative estimate of drug-likeness (QED) is 0.534. The van der Waals surface area contributed by atoms with Gasteiger partial charge in [-0.15, -0.1) is 6.58 Å². The van der Waals surface area contributed by atoms with Gasteiger partial charge in [-0.25, -0.2) is 0 Å². The van der Waals surface area contributed by atoms with Crippen LogP contribution in [0.1, 0.15) is 10.4 Å². The van der Waals surface area contributed by atoms with Crippen molar-refractivity contribution >= 4 is 34.7 Å². The highest BCUT2D eigenvalue weighted by Crippen LogP contribution is 2.17. The number of hydrogen-bond acceptors (Lipinski definition) is 4. The second kappa shape index (κ2) is 7.37. The molecule has 0 aliphatic carbocycles. The third-order valence-electron chi connectivity index (χ3n) is 3.90. The zero-order valence-electron chi connectivity index (χ0n) is 14.1. The van der Waals surface area contributed by atoms with Gasteiger partial charge in [-0.3, -0.25) is 14.2 Å². The van der Waals surface area contributed by atoms with Gasteiger partial charge in [0, 0.05) is 17.8 Å². The SMILES string of the molecule is C=CCn1c(=S)[nH]c2cc(C(=O)Nc3ccc(OC)cc3)ccc2c1=O. The highest BCUT2D eigenvalue weighted by Gasteiger charge is 2.10. The lowest BCUT2D eigenvalue weighted by Gasteiger charge is -2.09. The van der Waals surface area contributed by atoms with E-state index in [9.17, 15) is 9.59 Å². The minimum atomic E-state index is -0.286. The molecule has 0 spiro atoms. The van der Waals surface area contributed by atoms with Crippen LogP contribution in [0, 0.1) is 4.77 Å². The second-order valence-electron chi connectivity index (χ2n) is 5.58. The van der Waals surface area contributed by atoms with E-state index in [2.05, 4.69) is 16.9 Å². The zero-order chi connectivity index (χ0) is 18.7. The molecule has 0 aliphatic rings. The smallest absolute Gasteiger partial charge is 0.262 e. The van der Waals surface area contributed by atoms with Crippen LogP contribution in [-0.4, -0.2) is 22.6 Å². The fourth-order valence-electron chi connectivity index (χ4n) is 2.57. The fraction of sp³-hybridized carbons (Fsp3) is 0.105. The van der Waals surface area contributed by atoms with Crippen LogP contribution >= 0.6 is 12.2 Å². The molecule has 132 valence electrons. The first-order valence-corrected chi connectivity index (χ1v) is 8.27. The molecule has 1 amide bonds. The van der Waals surface area contributed by atoms with E-state index >= 15 is 0 Å². The van der Waals surface area contributed by atoms with Crippen molar-refractivity contribution < 1.29 is 9.53 Å². The third-order valence-corrected chi connectivity index (χ3v) is 4.23. The lowest BCUT2D eigenvalue weighted by atomic mass is 10.1. The normalized spacial score (nSPS) is 10.5. The Bertz CT molecular complexity index is 1100. The zero-order valence-corrected chi connectivity index (χ0v) is 14.9. The molecule has 1 heterocycles. The average molecular weight is 367 g/mol. The monoisotopic (exact) mass is 367 g/mol. The van der Waals surface area contributed by atoms with Crippen LogP contribution < -0.4 is 15.6 Å². The first-order chi connectivity index (χ1) is 12.5. The van der Waals surface area contributed by atoms with Crippen LogP contribution in [0.15, 0.2) is 59.9 Å². The molecule has 7 heteroatoms. The van der Waals surface area contributed by atoms with Gasteiger partial charge in [0.15, 0.2) is 4.77 Å². The van der Waals surface area contributed by atoms with Crippen molar-refractivity contribution in [3.05, 3.63) is 75.8 Å². The summed E-state index contributed by atoms with van der Waals surface area (Å²) >= 11 is 5.22. The van der Waals surface area contributed by atoms with Crippen LogP contribution in [0.4, 0.5) is 5.69 Å². The number of aromatic amines is 1. The van der Waals surface area contributed by atoms with E-state index in [0.29, 0.717) is 34.4 Å². The van der Waals surface area contributed by atoms with Crippen LogP contribution in [0.5, 0.6) is 5.75 Å². The molecule has 2 aromatic carbocycles. The Balaban J connectivity index is 1.94. The van der Waals surface area contributed by atoms with Crippen molar-refractivity contribution in [2.75, 3.05) is 12.4 Å². The summed E-state index contributed by atoms with van der Waals surface area (Å²) in [5.41, 5.74) is 1.36. The van der Waals surface area contributed by atoms with Gasteiger partial charge >= 0.3 is 0 Å². The van der Waals surface area contributed by atoms with Gasteiger partial charge in [-0.2, -0.15) is 0 Å². The van der Waals surface area contributed by atoms with Crippen LogP contribution in [-0.2, 0) is 6.54 Å². The summed E-state index contributed by atoms with van der Waals surface area (Å²) in [6.07, 6.45) is 1.60. The number of aromatic nitrogens is 2. The number of amides is 1. The third kappa shape index (κ3) is 3.43. The Morgan fingerprint density at radius 3 is 2.69 bits per heavy atom. The first kappa shape index (κ1) is 17.6. The van der Waals surface area contributed by atoms with Gasteiger partial charge in [0.25, 0.3) is 11.5 Å². The first-order valence-electron chi connectivity index (χ1n) is 7.86. The summed E-state index contributed by atoms with van der Waals surface area (Å²) < 4.78 is 6.80. The van der Waals surface area contributed by atoms with Gasteiger partial charge in [0.1, 0.15) is 5.75 Å². The summed E-state index contributed by atoms with van der Waals surface area (Å²) in [6.45, 7) is 3.95. The maximum atomic E-state index is 12.5. The predicted molar refractivity (Wildman–Crippen MR) is 105 cm³/mol. The van der Waals surface area contributed by atoms with Gasteiger partial charge < -0.3 is 15.0 Å². The van der Waals surface area contributed by atoms with Crippen molar-refractivity contribution in [3.63, 3.8) is 0 Å². The number of rotatable bonds is 5. The summed E-state index contributed by atoms with van der Waals surface area (Å²) in [5.74, 6) is 0.420. The van der Waals surface area contributed by atoms with Crippen LogP contribution in [0.25, 0.3) is 10.9 Å². The van der Waals surface area contributed by atoms with Crippen molar-refractivity contribution in [2.24, 2.45) is 0 Å². The van der Waals surface area contributed by atoms with E-state index in [4.69, 9.17) is 17.0 Å². The molecule has 0 radical (unpaired) electrons. The van der Waals surface area contributed by atoms with E-state index < -0.39 is 0 Å². The maximum absolute atomic E-state index is 12.5. The molecule has 3 rings (SSSR count). The molecule has 3 aromatic rings.